The maximum atomic E-state index is 10.4. The van der Waals surface area contributed by atoms with Crippen LogP contribution >= 0.6 is 39.5 Å². The molecule has 0 aromatic rings. The quantitative estimate of drug-likeness (QED) is 0.0554. The predicted molar refractivity (Wildman–Crippen MR) is 94.8 cm³/mol. The Kier molecular flexibility index (Phi) is 30.2. The molecule has 0 aromatic heterocycles. The molecule has 0 aliphatic heterocycles. The van der Waals surface area contributed by atoms with Crippen LogP contribution in [0, 0.1) is 0 Å². The minimum Gasteiger partial charge on any atom is -0.753 e. The molecule has 0 rings (SSSR count). The molecule has 10 N–H and O–H groups in total. The second-order valence-corrected chi connectivity index (χ2v) is 11.8. The van der Waals surface area contributed by atoms with Crippen molar-refractivity contribution in [2.75, 3.05) is 0 Å². The Morgan fingerprint density at radius 1 is 0.588 bits per heavy atom. The number of hydrogen-bond acceptors (Lipinski definition) is 8. The first-order valence-corrected chi connectivity index (χ1v) is 14.9. The zero-order chi connectivity index (χ0) is 29.5. The van der Waals surface area contributed by atoms with Crippen LogP contribution in [-0.4, -0.2) is 61.8 Å². The van der Waals surface area contributed by atoms with E-state index in [1.54, 1.807) is 0 Å². The summed E-state index contributed by atoms with van der Waals surface area (Å²) in [4.78, 5) is 71.1. The van der Waals surface area contributed by atoms with Gasteiger partial charge in [0, 0.05) is 0 Å². The average molecular weight is 644 g/mol. The zero-order valence-corrected chi connectivity index (χ0v) is 22.1. The van der Waals surface area contributed by atoms with Gasteiger partial charge in [-0.25, -0.2) is 18.3 Å². The molecule has 0 fully saturated rings. The molecule has 30 heteroatoms. The molecule has 0 saturated heterocycles. The van der Waals surface area contributed by atoms with Gasteiger partial charge in [-0.3, -0.25) is 48.3 Å². The van der Waals surface area contributed by atoms with Crippen molar-refractivity contribution >= 4 is 49.7 Å². The molecule has 0 aromatic carbocycles. The van der Waals surface area contributed by atoms with E-state index >= 15 is 0 Å². The van der Waals surface area contributed by atoms with E-state index in [1.165, 1.54) is 20.8 Å². The van der Waals surface area contributed by atoms with Crippen LogP contribution in [0.1, 0.15) is 20.8 Å². The van der Waals surface area contributed by atoms with Crippen molar-refractivity contribution in [3.8, 4) is 0 Å². The molecule has 0 radical (unpaired) electrons. The molecular formula is C4H19F5LiO18P5S. The van der Waals surface area contributed by atoms with Gasteiger partial charge in [-0.1, -0.05) is 0 Å². The fraction of sp³-hybridized carbons (Fsp3) is 1.00. The van der Waals surface area contributed by atoms with E-state index in [2.05, 4.69) is 0 Å². The summed E-state index contributed by atoms with van der Waals surface area (Å²) in [5.41, 5.74) is 0. The third-order valence-corrected chi connectivity index (χ3v) is 2.32. The van der Waals surface area contributed by atoms with Gasteiger partial charge in [0.05, 0.1) is 4.75 Å². The van der Waals surface area contributed by atoms with E-state index in [4.69, 9.17) is 76.3 Å². The van der Waals surface area contributed by atoms with Crippen molar-refractivity contribution in [1.82, 2.24) is 0 Å². The van der Waals surface area contributed by atoms with Gasteiger partial charge in [-0.05, 0) is 20.8 Å². The second-order valence-electron chi connectivity index (χ2n) is 4.93. The van der Waals surface area contributed by atoms with Gasteiger partial charge in [-0.2, -0.15) is 12.6 Å². The molecule has 0 bridgehead atoms. The van der Waals surface area contributed by atoms with E-state index in [0.717, 1.165) is 0 Å². The zero-order valence-electron chi connectivity index (χ0n) is 16.8. The van der Waals surface area contributed by atoms with Gasteiger partial charge >= 0.3 is 58.4 Å². The Hall–Kier alpha value is 0.907. The molecule has 0 heterocycles. The fourth-order valence-electron chi connectivity index (χ4n) is 0. The molecule has 0 aliphatic carbocycles. The van der Waals surface area contributed by atoms with Crippen LogP contribution in [0.2, 0.25) is 0 Å². The molecule has 0 aliphatic rings. The van der Waals surface area contributed by atoms with Crippen molar-refractivity contribution in [3.05, 3.63) is 0 Å². The summed E-state index contributed by atoms with van der Waals surface area (Å²) in [7, 11) is -29.8. The molecular weight excluding hydrogens is 625 g/mol. The maximum Gasteiger partial charge on any atom is 1.00 e. The van der Waals surface area contributed by atoms with E-state index < -0.39 is 54.4 Å². The second kappa shape index (κ2) is 19.9. The standard InChI is InChI=1S/C4H10O3S.5FH2O3P.Li/c1-4(2,3)8(5,6)7;5*1-5(2,3)4;/h1-3H3,(H,5,6,7);5*(H2,2,3,4);/q;;;;;;+1/p-1. The Morgan fingerprint density at radius 2 is 0.618 bits per heavy atom. The number of hydrogen-bond donors (Lipinski definition) is 10. The summed E-state index contributed by atoms with van der Waals surface area (Å²) in [6.45, 7) is 4.30. The monoisotopic (exact) mass is 644 g/mol. The molecule has 210 valence electrons. The molecule has 1 unspecified atom stereocenters. The normalized spacial score (nSPS) is 13.4. The Balaban J connectivity index is -0.0000000518. The van der Waals surface area contributed by atoms with Gasteiger partial charge in [0.25, 0.3) is 10.1 Å². The topological polar surface area (TPSA) is 345 Å². The SMILES string of the molecule is CC(C)(C)S(=O)(=O)O.O=P(O)(O)F.O=P(O)(O)F.O=P(O)(O)F.O=P(O)(O)F.O=P([O-])(O)F.[Li+]. The Bertz CT molecular complexity index is 687. The van der Waals surface area contributed by atoms with E-state index in [-0.39, 0.29) is 18.9 Å². The van der Waals surface area contributed by atoms with E-state index in [9.17, 15) is 29.4 Å². The Labute approximate surface area is 199 Å². The van der Waals surface area contributed by atoms with Crippen molar-refractivity contribution in [1.29, 1.82) is 0 Å². The van der Waals surface area contributed by atoms with Crippen molar-refractivity contribution in [2.45, 2.75) is 25.5 Å². The third-order valence-electron chi connectivity index (χ3n) is 0.774. The van der Waals surface area contributed by atoms with Crippen LogP contribution in [0.15, 0.2) is 0 Å². The van der Waals surface area contributed by atoms with Crippen molar-refractivity contribution < 1.29 is 125 Å². The van der Waals surface area contributed by atoms with Gasteiger partial charge in [0.2, 0.25) is 0 Å². The Morgan fingerprint density at radius 3 is 0.618 bits per heavy atom. The molecule has 18 nitrogen and oxygen atoms in total. The first kappa shape index (κ1) is 51.5. The summed E-state index contributed by atoms with van der Waals surface area (Å²) in [6, 6.07) is 0. The van der Waals surface area contributed by atoms with Crippen LogP contribution in [0.3, 0.4) is 0 Å². The summed E-state index contributed by atoms with van der Waals surface area (Å²) in [5.74, 6) is 0. The molecule has 0 saturated carbocycles. The van der Waals surface area contributed by atoms with Crippen LogP contribution < -0.4 is 23.8 Å². The smallest absolute Gasteiger partial charge is 0.753 e. The van der Waals surface area contributed by atoms with Gasteiger partial charge < -0.3 is 9.79 Å². The van der Waals surface area contributed by atoms with Crippen LogP contribution in [0.25, 0.3) is 0 Å². The van der Waals surface area contributed by atoms with Gasteiger partial charge in [0.1, 0.15) is 0 Å². The summed E-state index contributed by atoms with van der Waals surface area (Å²) in [6.07, 6.45) is 0. The molecule has 1 atom stereocenters. The molecule has 0 amide bonds. The minimum atomic E-state index is -5.39. The minimum absolute atomic E-state index is 0. The first-order chi connectivity index (χ1) is 13.2. The van der Waals surface area contributed by atoms with Crippen LogP contribution in [-0.2, 0) is 32.9 Å². The van der Waals surface area contributed by atoms with Crippen LogP contribution in [0.5, 0.6) is 0 Å². The summed E-state index contributed by atoms with van der Waals surface area (Å²) >= 11 is 0. The van der Waals surface area contributed by atoms with Gasteiger partial charge in [0.15, 0.2) is 0 Å². The summed E-state index contributed by atoms with van der Waals surface area (Å²) < 4.78 is 123. The average Bonchev–Trinajstić information content (AvgIpc) is 2.10. The predicted octanol–water partition coefficient (Wildman–Crippen LogP) is -2.71. The van der Waals surface area contributed by atoms with E-state index in [0.29, 0.717) is 0 Å². The molecule has 34 heavy (non-hydrogen) atoms. The first-order valence-electron chi connectivity index (χ1n) is 5.96. The summed E-state index contributed by atoms with van der Waals surface area (Å²) in [5, 5.41) is 0. The van der Waals surface area contributed by atoms with Crippen molar-refractivity contribution in [2.24, 2.45) is 0 Å². The number of rotatable bonds is 0. The number of halogens is 5. The fourth-order valence-corrected chi connectivity index (χ4v) is 0. The largest absolute Gasteiger partial charge is 1.00 e. The van der Waals surface area contributed by atoms with Gasteiger partial charge in [-0.15, -0.1) is 16.8 Å². The van der Waals surface area contributed by atoms with Crippen LogP contribution in [0.4, 0.5) is 21.0 Å². The maximum absolute atomic E-state index is 10.4. The van der Waals surface area contributed by atoms with E-state index in [1.807, 2.05) is 0 Å². The van der Waals surface area contributed by atoms with Crippen molar-refractivity contribution in [3.63, 3.8) is 0 Å². The third kappa shape index (κ3) is 341. The molecule has 0 spiro atoms.